The molecule has 3 rings (SSSR count). The van der Waals surface area contributed by atoms with Gasteiger partial charge in [0, 0.05) is 36.6 Å². The van der Waals surface area contributed by atoms with Crippen LogP contribution < -0.4 is 10.6 Å². The maximum atomic E-state index is 12.4. The molecule has 9 heteroatoms. The number of anilines is 2. The Morgan fingerprint density at radius 3 is 2.10 bits per heavy atom. The molecule has 0 aromatic heterocycles. The molecule has 0 bridgehead atoms. The number of non-ortho nitro benzene ring substituents is 1. The highest BCUT2D eigenvalue weighted by atomic mass is 35.5. The third-order valence-electron chi connectivity index (χ3n) is 4.69. The van der Waals surface area contributed by atoms with Crippen LogP contribution in [-0.4, -0.2) is 34.9 Å². The SMILES string of the molecule is O=C(Nc1ccc(NC(=O)N2CCCCCC2)cc1)c1cc([N+](=O)[O-])ccc1Cl. The van der Waals surface area contributed by atoms with Gasteiger partial charge in [-0.1, -0.05) is 24.4 Å². The largest absolute Gasteiger partial charge is 0.325 e. The Hall–Kier alpha value is -3.13. The van der Waals surface area contributed by atoms with Gasteiger partial charge in [-0.3, -0.25) is 14.9 Å². The second-order valence-electron chi connectivity index (χ2n) is 6.78. The molecule has 0 saturated carbocycles. The molecule has 1 heterocycles. The minimum atomic E-state index is -0.588. The van der Waals surface area contributed by atoms with Crippen LogP contribution in [0.2, 0.25) is 5.02 Å². The molecule has 2 N–H and O–H groups in total. The Morgan fingerprint density at radius 1 is 0.931 bits per heavy atom. The lowest BCUT2D eigenvalue weighted by atomic mass is 10.2. The van der Waals surface area contributed by atoms with Crippen LogP contribution in [0, 0.1) is 10.1 Å². The lowest BCUT2D eigenvalue weighted by Crippen LogP contribution is -2.35. The monoisotopic (exact) mass is 416 g/mol. The predicted molar refractivity (Wildman–Crippen MR) is 112 cm³/mol. The quantitative estimate of drug-likeness (QED) is 0.545. The van der Waals surface area contributed by atoms with E-state index in [1.807, 2.05) is 4.90 Å². The molecule has 152 valence electrons. The van der Waals surface area contributed by atoms with Gasteiger partial charge in [-0.2, -0.15) is 0 Å². The Bertz CT molecular complexity index is 909. The molecule has 2 aromatic rings. The zero-order valence-corrected chi connectivity index (χ0v) is 16.4. The molecule has 8 nitrogen and oxygen atoms in total. The fraction of sp³-hybridized carbons (Fsp3) is 0.300. The fourth-order valence-corrected chi connectivity index (χ4v) is 3.32. The van der Waals surface area contributed by atoms with Gasteiger partial charge in [-0.05, 0) is 43.2 Å². The van der Waals surface area contributed by atoms with Crippen LogP contribution in [0.4, 0.5) is 21.9 Å². The molecule has 0 atom stereocenters. The second-order valence-corrected chi connectivity index (χ2v) is 7.19. The minimum absolute atomic E-state index is 0.0133. The number of carbonyl (C=O) groups excluding carboxylic acids is 2. The molecule has 1 aliphatic rings. The summed E-state index contributed by atoms with van der Waals surface area (Å²) in [6, 6.07) is 10.2. The lowest BCUT2D eigenvalue weighted by Gasteiger charge is -2.20. The number of halogens is 1. The zero-order valence-electron chi connectivity index (χ0n) is 15.7. The van der Waals surface area contributed by atoms with E-state index in [1.54, 1.807) is 24.3 Å². The minimum Gasteiger partial charge on any atom is -0.325 e. The molecule has 29 heavy (non-hydrogen) atoms. The molecule has 0 aliphatic carbocycles. The van der Waals surface area contributed by atoms with E-state index >= 15 is 0 Å². The van der Waals surface area contributed by atoms with Gasteiger partial charge in [0.2, 0.25) is 0 Å². The highest BCUT2D eigenvalue weighted by Crippen LogP contribution is 2.23. The smallest absolute Gasteiger partial charge is 0.321 e. The number of rotatable bonds is 4. The summed E-state index contributed by atoms with van der Waals surface area (Å²) >= 11 is 5.99. The molecular formula is C20H21ClN4O4. The molecule has 1 saturated heterocycles. The molecule has 0 radical (unpaired) electrons. The van der Waals surface area contributed by atoms with Crippen molar-refractivity contribution in [3.8, 4) is 0 Å². The van der Waals surface area contributed by atoms with Gasteiger partial charge in [-0.15, -0.1) is 0 Å². The molecule has 1 aliphatic heterocycles. The summed E-state index contributed by atoms with van der Waals surface area (Å²) < 4.78 is 0. The van der Waals surface area contributed by atoms with Crippen molar-refractivity contribution in [1.82, 2.24) is 4.90 Å². The van der Waals surface area contributed by atoms with Gasteiger partial charge in [0.05, 0.1) is 15.5 Å². The number of carbonyl (C=O) groups is 2. The number of nitro benzene ring substituents is 1. The number of nitrogens with one attached hydrogen (secondary N) is 2. The van der Waals surface area contributed by atoms with Crippen molar-refractivity contribution < 1.29 is 14.5 Å². The molecule has 0 unspecified atom stereocenters. The number of hydrogen-bond acceptors (Lipinski definition) is 4. The van der Waals surface area contributed by atoms with Crippen molar-refractivity contribution in [2.24, 2.45) is 0 Å². The van der Waals surface area contributed by atoms with Crippen molar-refractivity contribution in [3.05, 3.63) is 63.2 Å². The number of amides is 3. The Kier molecular flexibility index (Phi) is 6.66. The molecular weight excluding hydrogens is 396 g/mol. The van der Waals surface area contributed by atoms with E-state index < -0.39 is 10.8 Å². The summed E-state index contributed by atoms with van der Waals surface area (Å²) in [5, 5.41) is 16.5. The molecule has 3 amide bonds. The average Bonchev–Trinajstić information content (AvgIpc) is 2.99. The number of urea groups is 1. The van der Waals surface area contributed by atoms with Gasteiger partial charge >= 0.3 is 6.03 Å². The van der Waals surface area contributed by atoms with E-state index in [2.05, 4.69) is 10.6 Å². The van der Waals surface area contributed by atoms with Gasteiger partial charge in [0.1, 0.15) is 0 Å². The van der Waals surface area contributed by atoms with Crippen LogP contribution in [0.25, 0.3) is 0 Å². The van der Waals surface area contributed by atoms with Crippen LogP contribution in [0.3, 0.4) is 0 Å². The summed E-state index contributed by atoms with van der Waals surface area (Å²) in [6.45, 7) is 1.51. The molecule has 1 fully saturated rings. The average molecular weight is 417 g/mol. The normalized spacial score (nSPS) is 14.0. The van der Waals surface area contributed by atoms with Gasteiger partial charge < -0.3 is 15.5 Å². The van der Waals surface area contributed by atoms with E-state index in [1.165, 1.54) is 12.1 Å². The summed E-state index contributed by atoms with van der Waals surface area (Å²) in [5.74, 6) is -0.556. The van der Waals surface area contributed by atoms with Crippen molar-refractivity contribution in [3.63, 3.8) is 0 Å². The predicted octanol–water partition coefficient (Wildman–Crippen LogP) is 4.91. The number of hydrogen-bond donors (Lipinski definition) is 2. The van der Waals surface area contributed by atoms with E-state index in [0.29, 0.717) is 11.4 Å². The summed E-state index contributed by atoms with van der Waals surface area (Å²) in [4.78, 5) is 36.9. The number of likely N-dealkylation sites (tertiary alicyclic amines) is 1. The zero-order chi connectivity index (χ0) is 20.8. The lowest BCUT2D eigenvalue weighted by molar-refractivity contribution is -0.384. The second kappa shape index (κ2) is 9.38. The fourth-order valence-electron chi connectivity index (χ4n) is 3.11. The van der Waals surface area contributed by atoms with Crippen LogP contribution in [0.1, 0.15) is 36.0 Å². The van der Waals surface area contributed by atoms with Crippen LogP contribution in [-0.2, 0) is 0 Å². The van der Waals surface area contributed by atoms with Crippen LogP contribution >= 0.6 is 11.6 Å². The van der Waals surface area contributed by atoms with E-state index in [0.717, 1.165) is 44.8 Å². The Labute approximate surface area is 173 Å². The first-order valence-electron chi connectivity index (χ1n) is 9.35. The maximum Gasteiger partial charge on any atom is 0.321 e. The van der Waals surface area contributed by atoms with E-state index in [-0.39, 0.29) is 22.3 Å². The van der Waals surface area contributed by atoms with Crippen LogP contribution in [0.5, 0.6) is 0 Å². The Balaban J connectivity index is 1.63. The first kappa shape index (κ1) is 20.6. The first-order chi connectivity index (χ1) is 13.9. The van der Waals surface area contributed by atoms with E-state index in [4.69, 9.17) is 11.6 Å². The van der Waals surface area contributed by atoms with Crippen molar-refractivity contribution in [1.29, 1.82) is 0 Å². The standard InChI is InChI=1S/C20H21ClN4O4/c21-18-10-9-16(25(28)29)13-17(18)19(26)22-14-5-7-15(8-6-14)23-20(27)24-11-3-1-2-4-12-24/h5-10,13H,1-4,11-12H2,(H,22,26)(H,23,27). The van der Waals surface area contributed by atoms with Crippen molar-refractivity contribution >= 4 is 40.6 Å². The highest BCUT2D eigenvalue weighted by Gasteiger charge is 2.17. The summed E-state index contributed by atoms with van der Waals surface area (Å²) in [7, 11) is 0. The number of nitro groups is 1. The summed E-state index contributed by atoms with van der Waals surface area (Å²) in [6.07, 6.45) is 4.32. The van der Waals surface area contributed by atoms with Gasteiger partial charge in [0.25, 0.3) is 11.6 Å². The summed E-state index contributed by atoms with van der Waals surface area (Å²) in [5.41, 5.74) is 0.890. The Morgan fingerprint density at radius 2 is 1.52 bits per heavy atom. The molecule has 0 spiro atoms. The number of nitrogens with zero attached hydrogens (tertiary/aromatic N) is 2. The first-order valence-corrected chi connectivity index (χ1v) is 9.73. The highest BCUT2D eigenvalue weighted by molar-refractivity contribution is 6.34. The maximum absolute atomic E-state index is 12.4. The van der Waals surface area contributed by atoms with Gasteiger partial charge in [0.15, 0.2) is 0 Å². The van der Waals surface area contributed by atoms with Gasteiger partial charge in [-0.25, -0.2) is 4.79 Å². The van der Waals surface area contributed by atoms with Crippen molar-refractivity contribution in [2.75, 3.05) is 23.7 Å². The molecule has 2 aromatic carbocycles. The van der Waals surface area contributed by atoms with Crippen molar-refractivity contribution in [2.45, 2.75) is 25.7 Å². The third-order valence-corrected chi connectivity index (χ3v) is 5.02. The topological polar surface area (TPSA) is 105 Å². The number of benzene rings is 2. The van der Waals surface area contributed by atoms with Crippen LogP contribution in [0.15, 0.2) is 42.5 Å². The van der Waals surface area contributed by atoms with E-state index in [9.17, 15) is 19.7 Å². The third kappa shape index (κ3) is 5.45.